The topological polar surface area (TPSA) is 49.8 Å². The van der Waals surface area contributed by atoms with Gasteiger partial charge >= 0.3 is 0 Å². The number of guanidine groups is 1. The molecular formula is C15H14Cl2N4O. The Hall–Kier alpha value is -1.82. The van der Waals surface area contributed by atoms with E-state index in [0.29, 0.717) is 41.4 Å². The van der Waals surface area contributed by atoms with E-state index in [4.69, 9.17) is 28.0 Å². The Morgan fingerprint density at radius 2 is 1.95 bits per heavy atom. The van der Waals surface area contributed by atoms with E-state index in [1.165, 1.54) is 0 Å². The summed E-state index contributed by atoms with van der Waals surface area (Å²) >= 11 is 12.3. The SMILES string of the molecule is Clc1cccc(Cl)c1NC1=NCCN1OCc1ccccn1. The predicted octanol–water partition coefficient (Wildman–Crippen LogP) is 3.60. The zero-order chi connectivity index (χ0) is 15.4. The first-order chi connectivity index (χ1) is 10.7. The lowest BCUT2D eigenvalue weighted by Crippen LogP contribution is -2.33. The average Bonchev–Trinajstić information content (AvgIpc) is 2.97. The van der Waals surface area contributed by atoms with Crippen molar-refractivity contribution in [3.05, 3.63) is 58.3 Å². The Balaban J connectivity index is 1.66. The average molecular weight is 337 g/mol. The molecule has 0 spiro atoms. The van der Waals surface area contributed by atoms with Crippen LogP contribution < -0.4 is 5.32 Å². The van der Waals surface area contributed by atoms with Gasteiger partial charge in [-0.1, -0.05) is 35.3 Å². The molecule has 3 rings (SSSR count). The van der Waals surface area contributed by atoms with Crippen LogP contribution in [-0.2, 0) is 11.4 Å². The molecule has 5 nitrogen and oxygen atoms in total. The molecule has 0 atom stereocenters. The smallest absolute Gasteiger partial charge is 0.223 e. The van der Waals surface area contributed by atoms with Gasteiger partial charge in [0.25, 0.3) is 0 Å². The molecule has 0 fully saturated rings. The maximum absolute atomic E-state index is 6.16. The molecule has 0 radical (unpaired) electrons. The van der Waals surface area contributed by atoms with Crippen LogP contribution >= 0.6 is 23.2 Å². The fourth-order valence-electron chi connectivity index (χ4n) is 2.02. The highest BCUT2D eigenvalue weighted by molar-refractivity contribution is 6.39. The van der Waals surface area contributed by atoms with Gasteiger partial charge < -0.3 is 5.32 Å². The van der Waals surface area contributed by atoms with Gasteiger partial charge in [0.15, 0.2) is 0 Å². The van der Waals surface area contributed by atoms with E-state index < -0.39 is 0 Å². The monoisotopic (exact) mass is 336 g/mol. The van der Waals surface area contributed by atoms with Crippen molar-refractivity contribution in [2.45, 2.75) is 6.61 Å². The highest BCUT2D eigenvalue weighted by Gasteiger charge is 2.20. The van der Waals surface area contributed by atoms with Gasteiger partial charge in [-0.2, -0.15) is 0 Å². The summed E-state index contributed by atoms with van der Waals surface area (Å²) in [4.78, 5) is 14.3. The van der Waals surface area contributed by atoms with E-state index in [2.05, 4.69) is 15.3 Å². The molecule has 7 heteroatoms. The molecule has 1 aromatic carbocycles. The number of para-hydroxylation sites is 1. The molecule has 2 aromatic rings. The highest BCUT2D eigenvalue weighted by Crippen LogP contribution is 2.30. The molecule has 0 saturated heterocycles. The first-order valence-electron chi connectivity index (χ1n) is 6.80. The number of rotatable bonds is 4. The summed E-state index contributed by atoms with van der Waals surface area (Å²) in [5.41, 5.74) is 1.47. The van der Waals surface area contributed by atoms with Crippen molar-refractivity contribution in [2.24, 2.45) is 4.99 Å². The number of pyridine rings is 1. The van der Waals surface area contributed by atoms with Crippen molar-refractivity contribution in [1.82, 2.24) is 10.0 Å². The van der Waals surface area contributed by atoms with Gasteiger partial charge in [-0.15, -0.1) is 0 Å². The lowest BCUT2D eigenvalue weighted by atomic mass is 10.3. The van der Waals surface area contributed by atoms with Crippen LogP contribution in [0, 0.1) is 0 Å². The van der Waals surface area contributed by atoms with Gasteiger partial charge in [-0.3, -0.25) is 9.82 Å². The van der Waals surface area contributed by atoms with Crippen LogP contribution in [0.3, 0.4) is 0 Å². The lowest BCUT2D eigenvalue weighted by Gasteiger charge is -2.21. The van der Waals surface area contributed by atoms with Crippen molar-refractivity contribution in [1.29, 1.82) is 0 Å². The number of hydrogen-bond acceptors (Lipinski definition) is 5. The zero-order valence-electron chi connectivity index (χ0n) is 11.7. The minimum absolute atomic E-state index is 0.373. The summed E-state index contributed by atoms with van der Waals surface area (Å²) in [5.74, 6) is 0.589. The van der Waals surface area contributed by atoms with Crippen LogP contribution in [0.4, 0.5) is 5.69 Å². The predicted molar refractivity (Wildman–Crippen MR) is 88.1 cm³/mol. The Bertz CT molecular complexity index is 658. The molecule has 1 aliphatic rings. The molecular weight excluding hydrogens is 323 g/mol. The summed E-state index contributed by atoms with van der Waals surface area (Å²) < 4.78 is 0. The van der Waals surface area contributed by atoms with E-state index in [1.54, 1.807) is 29.5 Å². The van der Waals surface area contributed by atoms with Gasteiger partial charge in [0, 0.05) is 6.20 Å². The van der Waals surface area contributed by atoms with Crippen LogP contribution in [0.15, 0.2) is 47.6 Å². The van der Waals surface area contributed by atoms with Crippen LogP contribution in [0.2, 0.25) is 10.0 Å². The highest BCUT2D eigenvalue weighted by atomic mass is 35.5. The normalized spacial score (nSPS) is 14.1. The summed E-state index contributed by atoms with van der Waals surface area (Å²) in [6, 6.07) is 11.0. The molecule has 1 aliphatic heterocycles. The van der Waals surface area contributed by atoms with Gasteiger partial charge in [0.05, 0.1) is 34.5 Å². The largest absolute Gasteiger partial charge is 0.322 e. The molecule has 0 amide bonds. The van der Waals surface area contributed by atoms with E-state index in [0.717, 1.165) is 5.69 Å². The minimum atomic E-state index is 0.373. The number of halogens is 2. The standard InChI is InChI=1S/C15H14Cl2N4O/c16-12-5-3-6-13(17)14(12)20-15-19-8-9-21(15)22-10-11-4-1-2-7-18-11/h1-7H,8-10H2,(H,19,20). The second kappa shape index (κ2) is 6.96. The number of anilines is 1. The first kappa shape index (κ1) is 15.1. The van der Waals surface area contributed by atoms with Gasteiger partial charge in [0.2, 0.25) is 5.96 Å². The molecule has 2 heterocycles. The summed E-state index contributed by atoms with van der Waals surface area (Å²) in [7, 11) is 0. The molecule has 0 unspecified atom stereocenters. The molecule has 0 bridgehead atoms. The number of aromatic nitrogens is 1. The van der Waals surface area contributed by atoms with Crippen molar-refractivity contribution >= 4 is 34.8 Å². The van der Waals surface area contributed by atoms with E-state index in [9.17, 15) is 0 Å². The summed E-state index contributed by atoms with van der Waals surface area (Å²) in [5, 5.41) is 5.89. The molecule has 22 heavy (non-hydrogen) atoms. The molecule has 0 saturated carbocycles. The number of nitrogens with one attached hydrogen (secondary N) is 1. The van der Waals surface area contributed by atoms with Gasteiger partial charge in [-0.25, -0.2) is 10.1 Å². The Morgan fingerprint density at radius 3 is 2.68 bits per heavy atom. The molecule has 0 aliphatic carbocycles. The maximum Gasteiger partial charge on any atom is 0.223 e. The Labute approximate surface area is 138 Å². The number of nitrogens with zero attached hydrogens (tertiary/aromatic N) is 3. The molecule has 114 valence electrons. The fourth-order valence-corrected chi connectivity index (χ4v) is 2.51. The first-order valence-corrected chi connectivity index (χ1v) is 7.55. The second-order valence-corrected chi connectivity index (χ2v) is 5.44. The third-order valence-corrected chi connectivity index (χ3v) is 3.72. The quantitative estimate of drug-likeness (QED) is 0.926. The van der Waals surface area contributed by atoms with Crippen molar-refractivity contribution < 1.29 is 4.84 Å². The van der Waals surface area contributed by atoms with E-state index in [-0.39, 0.29) is 0 Å². The molecule has 1 N–H and O–H groups in total. The van der Waals surface area contributed by atoms with Crippen molar-refractivity contribution in [3.63, 3.8) is 0 Å². The van der Waals surface area contributed by atoms with Crippen molar-refractivity contribution in [3.8, 4) is 0 Å². The van der Waals surface area contributed by atoms with Gasteiger partial charge in [0.1, 0.15) is 6.61 Å². The van der Waals surface area contributed by atoms with Crippen molar-refractivity contribution in [2.75, 3.05) is 18.4 Å². The number of benzene rings is 1. The molecule has 1 aromatic heterocycles. The van der Waals surface area contributed by atoms with E-state index in [1.807, 2.05) is 18.2 Å². The van der Waals surface area contributed by atoms with Crippen LogP contribution in [-0.4, -0.2) is 29.1 Å². The lowest BCUT2D eigenvalue weighted by molar-refractivity contribution is -0.104. The van der Waals surface area contributed by atoms with Crippen LogP contribution in [0.1, 0.15) is 5.69 Å². The van der Waals surface area contributed by atoms with E-state index >= 15 is 0 Å². The van der Waals surface area contributed by atoms with Crippen LogP contribution in [0.25, 0.3) is 0 Å². The van der Waals surface area contributed by atoms with Crippen LogP contribution in [0.5, 0.6) is 0 Å². The maximum atomic E-state index is 6.16. The third kappa shape index (κ3) is 3.50. The summed E-state index contributed by atoms with van der Waals surface area (Å²) in [6.45, 7) is 1.68. The second-order valence-electron chi connectivity index (χ2n) is 4.62. The number of hydrogen-bond donors (Lipinski definition) is 1. The Kier molecular flexibility index (Phi) is 4.77. The number of aliphatic imine (C=N–C) groups is 1. The summed E-state index contributed by atoms with van der Waals surface area (Å²) in [6.07, 6.45) is 1.74. The number of hydroxylamine groups is 2. The van der Waals surface area contributed by atoms with Gasteiger partial charge in [-0.05, 0) is 24.3 Å². The minimum Gasteiger partial charge on any atom is -0.322 e. The zero-order valence-corrected chi connectivity index (χ0v) is 13.2. The fraction of sp³-hybridized carbons (Fsp3) is 0.200. The third-order valence-electron chi connectivity index (χ3n) is 3.09. The Morgan fingerprint density at radius 1 is 1.14 bits per heavy atom.